The zero-order valence-electron chi connectivity index (χ0n) is 12.5. The smallest absolute Gasteiger partial charge is 0.273 e. The normalized spacial score (nSPS) is 16.2. The summed E-state index contributed by atoms with van der Waals surface area (Å²) in [7, 11) is 0. The largest absolute Gasteiger partial charge is 0.340 e. The zero-order valence-corrected chi connectivity index (χ0v) is 14.1. The second kappa shape index (κ2) is 6.76. The van der Waals surface area contributed by atoms with Gasteiger partial charge < -0.3 is 9.42 Å². The Hall–Kier alpha value is -1.45. The number of nitrogens with zero attached hydrogens (tertiary/aromatic N) is 5. The first-order chi connectivity index (χ1) is 10.7. The maximum absolute atomic E-state index is 12.4. The van der Waals surface area contributed by atoms with E-state index in [0.29, 0.717) is 37.0 Å². The molecule has 1 aliphatic rings. The quantitative estimate of drug-likeness (QED) is 0.782. The lowest BCUT2D eigenvalue weighted by Crippen LogP contribution is -2.48. The molecule has 2 aromatic rings. The standard InChI is InChI=1S/C13H17N5O2S2/c1-9-14-11(16-20-9)7-17-3-5-18(6-4-17)12(19)10-8-22-13(15-10)21-2/h8H,3-7H2,1-2H3. The van der Waals surface area contributed by atoms with Crippen molar-refractivity contribution < 1.29 is 9.32 Å². The van der Waals surface area contributed by atoms with E-state index in [2.05, 4.69) is 20.0 Å². The average molecular weight is 339 g/mol. The number of hydrogen-bond acceptors (Lipinski definition) is 8. The number of carbonyl (C=O) groups excluding carboxylic acids is 1. The summed E-state index contributed by atoms with van der Waals surface area (Å²) < 4.78 is 5.90. The summed E-state index contributed by atoms with van der Waals surface area (Å²) >= 11 is 3.08. The van der Waals surface area contributed by atoms with E-state index in [9.17, 15) is 4.79 Å². The lowest BCUT2D eigenvalue weighted by atomic mass is 10.3. The fraction of sp³-hybridized carbons (Fsp3) is 0.538. The zero-order chi connectivity index (χ0) is 15.5. The van der Waals surface area contributed by atoms with Gasteiger partial charge in [-0.25, -0.2) is 4.98 Å². The molecule has 1 fully saturated rings. The minimum Gasteiger partial charge on any atom is -0.340 e. The number of thiazole rings is 1. The summed E-state index contributed by atoms with van der Waals surface area (Å²) in [5, 5.41) is 5.74. The van der Waals surface area contributed by atoms with Crippen LogP contribution in [0, 0.1) is 6.92 Å². The van der Waals surface area contributed by atoms with E-state index in [-0.39, 0.29) is 5.91 Å². The molecule has 1 saturated heterocycles. The molecule has 0 aliphatic carbocycles. The maximum Gasteiger partial charge on any atom is 0.273 e. The van der Waals surface area contributed by atoms with Crippen molar-refractivity contribution in [2.45, 2.75) is 17.8 Å². The summed E-state index contributed by atoms with van der Waals surface area (Å²) in [5.41, 5.74) is 0.552. The van der Waals surface area contributed by atoms with Crippen LogP contribution in [0.25, 0.3) is 0 Å². The molecule has 0 atom stereocenters. The van der Waals surface area contributed by atoms with E-state index >= 15 is 0 Å². The monoisotopic (exact) mass is 339 g/mol. The van der Waals surface area contributed by atoms with Crippen molar-refractivity contribution in [2.24, 2.45) is 0 Å². The topological polar surface area (TPSA) is 75.4 Å². The van der Waals surface area contributed by atoms with Crippen molar-refractivity contribution in [2.75, 3.05) is 32.4 Å². The van der Waals surface area contributed by atoms with Gasteiger partial charge in [-0.1, -0.05) is 16.9 Å². The van der Waals surface area contributed by atoms with Gasteiger partial charge in [0.05, 0.1) is 6.54 Å². The molecular weight excluding hydrogens is 322 g/mol. The minimum absolute atomic E-state index is 0.0200. The van der Waals surface area contributed by atoms with Gasteiger partial charge in [-0.3, -0.25) is 9.69 Å². The summed E-state index contributed by atoms with van der Waals surface area (Å²) in [6.07, 6.45) is 1.96. The molecule has 1 amide bonds. The van der Waals surface area contributed by atoms with Gasteiger partial charge in [0.1, 0.15) is 10.0 Å². The van der Waals surface area contributed by atoms with Crippen molar-refractivity contribution in [3.05, 3.63) is 22.8 Å². The molecule has 2 aromatic heterocycles. The highest BCUT2D eigenvalue weighted by Gasteiger charge is 2.24. The second-order valence-corrected chi connectivity index (χ2v) is 6.91. The highest BCUT2D eigenvalue weighted by molar-refractivity contribution is 8.00. The van der Waals surface area contributed by atoms with Crippen molar-refractivity contribution in [1.82, 2.24) is 24.9 Å². The third-order valence-corrected chi connectivity index (χ3v) is 5.33. The molecule has 0 aromatic carbocycles. The number of amides is 1. The summed E-state index contributed by atoms with van der Waals surface area (Å²) in [6.45, 7) is 5.44. The number of carbonyl (C=O) groups is 1. The summed E-state index contributed by atoms with van der Waals surface area (Å²) in [5.74, 6) is 1.30. The molecule has 0 bridgehead atoms. The molecule has 118 valence electrons. The van der Waals surface area contributed by atoms with E-state index < -0.39 is 0 Å². The predicted molar refractivity (Wildman–Crippen MR) is 84.1 cm³/mol. The molecule has 0 N–H and O–H groups in total. The molecule has 3 heterocycles. The molecule has 0 saturated carbocycles. The third kappa shape index (κ3) is 3.47. The number of aryl methyl sites for hydroxylation is 1. The van der Waals surface area contributed by atoms with E-state index in [0.717, 1.165) is 17.4 Å². The minimum atomic E-state index is 0.0200. The fourth-order valence-electron chi connectivity index (χ4n) is 2.33. The van der Waals surface area contributed by atoms with Crippen LogP contribution in [0.15, 0.2) is 14.2 Å². The van der Waals surface area contributed by atoms with Gasteiger partial charge in [0.25, 0.3) is 5.91 Å². The Morgan fingerprint density at radius 1 is 1.36 bits per heavy atom. The van der Waals surface area contributed by atoms with Crippen LogP contribution in [0.1, 0.15) is 22.2 Å². The maximum atomic E-state index is 12.4. The third-order valence-electron chi connectivity index (χ3n) is 3.47. The second-order valence-electron chi connectivity index (χ2n) is 5.00. The SMILES string of the molecule is CSc1nc(C(=O)N2CCN(Cc3noc(C)n3)CC2)cs1. The summed E-state index contributed by atoms with van der Waals surface area (Å²) in [4.78, 5) is 25.0. The number of rotatable bonds is 4. The van der Waals surface area contributed by atoms with Crippen LogP contribution < -0.4 is 0 Å². The average Bonchev–Trinajstić information content (AvgIpc) is 3.16. The van der Waals surface area contributed by atoms with Gasteiger partial charge in [0.2, 0.25) is 5.89 Å². The van der Waals surface area contributed by atoms with Crippen molar-refractivity contribution in [3.8, 4) is 0 Å². The van der Waals surface area contributed by atoms with E-state index in [1.165, 1.54) is 11.3 Å². The first-order valence-corrected chi connectivity index (χ1v) is 9.06. The van der Waals surface area contributed by atoms with E-state index in [1.54, 1.807) is 18.7 Å². The number of piperazine rings is 1. The Bertz CT molecular complexity index is 648. The Balaban J connectivity index is 1.53. The molecule has 3 rings (SSSR count). The Kier molecular flexibility index (Phi) is 4.74. The Morgan fingerprint density at radius 2 is 2.14 bits per heavy atom. The van der Waals surface area contributed by atoms with Gasteiger partial charge in [0.15, 0.2) is 5.82 Å². The van der Waals surface area contributed by atoms with Crippen molar-refractivity contribution in [3.63, 3.8) is 0 Å². The molecule has 9 heteroatoms. The van der Waals surface area contributed by atoms with Crippen LogP contribution in [0.3, 0.4) is 0 Å². The highest BCUT2D eigenvalue weighted by Crippen LogP contribution is 2.21. The number of thioether (sulfide) groups is 1. The van der Waals surface area contributed by atoms with Crippen molar-refractivity contribution in [1.29, 1.82) is 0 Å². The van der Waals surface area contributed by atoms with Crippen LogP contribution in [0.5, 0.6) is 0 Å². The molecule has 7 nitrogen and oxygen atoms in total. The van der Waals surface area contributed by atoms with Gasteiger partial charge in [0, 0.05) is 38.5 Å². The van der Waals surface area contributed by atoms with Crippen LogP contribution in [0.4, 0.5) is 0 Å². The molecule has 1 aliphatic heterocycles. The fourth-order valence-corrected chi connectivity index (χ4v) is 3.56. The lowest BCUT2D eigenvalue weighted by molar-refractivity contribution is 0.0619. The van der Waals surface area contributed by atoms with E-state index in [1.807, 2.05) is 16.5 Å². The van der Waals surface area contributed by atoms with Crippen LogP contribution >= 0.6 is 23.1 Å². The van der Waals surface area contributed by atoms with Gasteiger partial charge in [-0.15, -0.1) is 11.3 Å². The Labute approximate surface area is 136 Å². The van der Waals surface area contributed by atoms with Crippen molar-refractivity contribution >= 4 is 29.0 Å². The first-order valence-electron chi connectivity index (χ1n) is 6.96. The lowest BCUT2D eigenvalue weighted by Gasteiger charge is -2.33. The molecule has 0 spiro atoms. The number of hydrogen-bond donors (Lipinski definition) is 0. The Morgan fingerprint density at radius 3 is 2.73 bits per heavy atom. The summed E-state index contributed by atoms with van der Waals surface area (Å²) in [6, 6.07) is 0. The van der Waals surface area contributed by atoms with Crippen LogP contribution in [-0.2, 0) is 6.54 Å². The molecular formula is C13H17N5O2S2. The predicted octanol–water partition coefficient (Wildman–Crippen LogP) is 1.51. The van der Waals surface area contributed by atoms with Crippen LogP contribution in [0.2, 0.25) is 0 Å². The van der Waals surface area contributed by atoms with Crippen LogP contribution in [-0.4, -0.2) is 63.3 Å². The number of aromatic nitrogens is 3. The molecule has 22 heavy (non-hydrogen) atoms. The van der Waals surface area contributed by atoms with Gasteiger partial charge in [-0.2, -0.15) is 4.98 Å². The first kappa shape index (κ1) is 15.4. The molecule has 0 radical (unpaired) electrons. The van der Waals surface area contributed by atoms with Gasteiger partial charge >= 0.3 is 0 Å². The van der Waals surface area contributed by atoms with Gasteiger partial charge in [-0.05, 0) is 6.26 Å². The highest BCUT2D eigenvalue weighted by atomic mass is 32.2. The molecule has 0 unspecified atom stereocenters. The van der Waals surface area contributed by atoms with E-state index in [4.69, 9.17) is 4.52 Å².